The van der Waals surface area contributed by atoms with Gasteiger partial charge in [-0.1, -0.05) is 23.3 Å². The highest BCUT2D eigenvalue weighted by Gasteiger charge is 2.05. The molecule has 0 saturated heterocycles. The van der Waals surface area contributed by atoms with Gasteiger partial charge in [-0.3, -0.25) is 4.99 Å². The number of hydrogen-bond acceptors (Lipinski definition) is 2. The van der Waals surface area contributed by atoms with Crippen LogP contribution in [-0.4, -0.2) is 38.8 Å². The predicted octanol–water partition coefficient (Wildman–Crippen LogP) is 3.17. The monoisotopic (exact) mass is 305 g/mol. The van der Waals surface area contributed by atoms with Gasteiger partial charge in [0.15, 0.2) is 5.96 Å². The molecule has 0 atom stereocenters. The lowest BCUT2D eigenvalue weighted by Gasteiger charge is -2.15. The molecule has 0 amide bonds. The number of guanidine groups is 1. The first-order valence-electron chi connectivity index (χ1n) is 8.84. The van der Waals surface area contributed by atoms with Gasteiger partial charge >= 0.3 is 0 Å². The first-order valence-corrected chi connectivity index (χ1v) is 8.84. The SMILES string of the molecule is CCNC(=NCCC1=CCOCC1)NCCC1=CCCCC1. The Bertz CT molecular complexity index is 413. The van der Waals surface area contributed by atoms with Crippen LogP contribution in [0.1, 0.15) is 51.9 Å². The number of rotatable bonds is 7. The molecule has 22 heavy (non-hydrogen) atoms. The molecule has 0 radical (unpaired) electrons. The minimum absolute atomic E-state index is 0.770. The molecule has 4 heteroatoms. The average molecular weight is 305 g/mol. The number of aliphatic imine (C=N–C) groups is 1. The second-order valence-electron chi connectivity index (χ2n) is 5.98. The molecule has 1 aliphatic heterocycles. The molecule has 1 heterocycles. The Hall–Kier alpha value is -1.29. The van der Waals surface area contributed by atoms with Crippen molar-refractivity contribution in [2.45, 2.75) is 51.9 Å². The van der Waals surface area contributed by atoms with Crippen molar-refractivity contribution in [2.75, 3.05) is 32.8 Å². The van der Waals surface area contributed by atoms with Gasteiger partial charge in [0, 0.05) is 19.6 Å². The Morgan fingerprint density at radius 3 is 2.77 bits per heavy atom. The maximum atomic E-state index is 5.33. The van der Waals surface area contributed by atoms with Gasteiger partial charge < -0.3 is 15.4 Å². The van der Waals surface area contributed by atoms with E-state index in [1.165, 1.54) is 31.3 Å². The zero-order valence-electron chi connectivity index (χ0n) is 14.0. The van der Waals surface area contributed by atoms with Crippen LogP contribution in [0.5, 0.6) is 0 Å². The van der Waals surface area contributed by atoms with Crippen molar-refractivity contribution < 1.29 is 4.74 Å². The van der Waals surface area contributed by atoms with Crippen LogP contribution in [0.4, 0.5) is 0 Å². The van der Waals surface area contributed by atoms with Gasteiger partial charge in [-0.25, -0.2) is 0 Å². The molecule has 4 nitrogen and oxygen atoms in total. The zero-order valence-corrected chi connectivity index (χ0v) is 14.0. The maximum Gasteiger partial charge on any atom is 0.191 e. The second-order valence-corrected chi connectivity index (χ2v) is 5.98. The molecule has 124 valence electrons. The summed E-state index contributed by atoms with van der Waals surface area (Å²) in [5, 5.41) is 6.79. The highest BCUT2D eigenvalue weighted by molar-refractivity contribution is 5.79. The third kappa shape index (κ3) is 6.65. The zero-order chi connectivity index (χ0) is 15.5. The Balaban J connectivity index is 1.69. The van der Waals surface area contributed by atoms with Gasteiger partial charge in [-0.05, 0) is 51.9 Å². The highest BCUT2D eigenvalue weighted by Crippen LogP contribution is 2.19. The molecule has 2 aliphatic rings. The molecule has 0 fully saturated rings. The van der Waals surface area contributed by atoms with Crippen molar-refractivity contribution in [3.05, 3.63) is 23.3 Å². The second kappa shape index (κ2) is 10.4. The van der Waals surface area contributed by atoms with E-state index in [4.69, 9.17) is 4.74 Å². The molecule has 0 aromatic rings. The molecule has 0 aromatic carbocycles. The molecule has 2 N–H and O–H groups in total. The van der Waals surface area contributed by atoms with Gasteiger partial charge in [-0.2, -0.15) is 0 Å². The van der Waals surface area contributed by atoms with E-state index < -0.39 is 0 Å². The molecule has 1 aliphatic carbocycles. The summed E-state index contributed by atoms with van der Waals surface area (Å²) >= 11 is 0. The van der Waals surface area contributed by atoms with E-state index in [-0.39, 0.29) is 0 Å². The lowest BCUT2D eigenvalue weighted by Crippen LogP contribution is -2.38. The van der Waals surface area contributed by atoms with Crippen molar-refractivity contribution in [3.8, 4) is 0 Å². The summed E-state index contributed by atoms with van der Waals surface area (Å²) in [5.41, 5.74) is 3.10. The number of nitrogens with one attached hydrogen (secondary N) is 2. The average Bonchev–Trinajstić information content (AvgIpc) is 2.57. The normalized spacial score (nSPS) is 19.4. The minimum atomic E-state index is 0.770. The molecule has 0 bridgehead atoms. The summed E-state index contributed by atoms with van der Waals surface area (Å²) in [6.07, 6.45) is 13.2. The van der Waals surface area contributed by atoms with Crippen molar-refractivity contribution in [2.24, 2.45) is 4.99 Å². The predicted molar refractivity (Wildman–Crippen MR) is 93.3 cm³/mol. The largest absolute Gasteiger partial charge is 0.377 e. The standard InChI is InChI=1S/C18H31N3O/c1-2-19-18(20-12-8-16-6-4-3-5-7-16)21-13-9-17-10-14-22-15-11-17/h6,10H,2-5,7-9,11-15H2,1H3,(H2,19,20,21). The van der Waals surface area contributed by atoms with Gasteiger partial charge in [0.05, 0.1) is 13.2 Å². The summed E-state index contributed by atoms with van der Waals surface area (Å²) in [7, 11) is 0. The van der Waals surface area contributed by atoms with Crippen molar-refractivity contribution in [1.29, 1.82) is 0 Å². The van der Waals surface area contributed by atoms with E-state index in [0.29, 0.717) is 0 Å². The van der Waals surface area contributed by atoms with Crippen LogP contribution in [0, 0.1) is 0 Å². The molecule has 0 spiro atoms. The van der Waals surface area contributed by atoms with Crippen LogP contribution in [0.3, 0.4) is 0 Å². The summed E-state index contributed by atoms with van der Waals surface area (Å²) in [5.74, 6) is 0.951. The van der Waals surface area contributed by atoms with Crippen LogP contribution in [-0.2, 0) is 4.74 Å². The van der Waals surface area contributed by atoms with Crippen LogP contribution < -0.4 is 10.6 Å². The van der Waals surface area contributed by atoms with E-state index in [2.05, 4.69) is 34.7 Å². The summed E-state index contributed by atoms with van der Waals surface area (Å²) in [6.45, 7) is 6.49. The summed E-state index contributed by atoms with van der Waals surface area (Å²) in [4.78, 5) is 4.68. The fourth-order valence-electron chi connectivity index (χ4n) is 2.92. The van der Waals surface area contributed by atoms with Crippen molar-refractivity contribution in [3.63, 3.8) is 0 Å². The first-order chi connectivity index (χ1) is 10.9. The van der Waals surface area contributed by atoms with Crippen LogP contribution in [0.15, 0.2) is 28.3 Å². The highest BCUT2D eigenvalue weighted by atomic mass is 16.5. The van der Waals surface area contributed by atoms with Crippen LogP contribution >= 0.6 is 0 Å². The number of hydrogen-bond donors (Lipinski definition) is 2. The Kier molecular flexibility index (Phi) is 8.10. The quantitative estimate of drug-likeness (QED) is 0.431. The Morgan fingerprint density at radius 1 is 1.14 bits per heavy atom. The number of nitrogens with zero attached hydrogens (tertiary/aromatic N) is 1. The van der Waals surface area contributed by atoms with E-state index in [1.54, 1.807) is 5.57 Å². The first kappa shape index (κ1) is 17.1. The summed E-state index contributed by atoms with van der Waals surface area (Å²) in [6, 6.07) is 0. The van der Waals surface area contributed by atoms with E-state index >= 15 is 0 Å². The molecule has 2 rings (SSSR count). The lowest BCUT2D eigenvalue weighted by atomic mass is 9.97. The molecule has 0 aromatic heterocycles. The van der Waals surface area contributed by atoms with Crippen molar-refractivity contribution in [1.82, 2.24) is 10.6 Å². The fourth-order valence-corrected chi connectivity index (χ4v) is 2.92. The number of ether oxygens (including phenoxy) is 1. The Morgan fingerprint density at radius 2 is 2.05 bits per heavy atom. The maximum absolute atomic E-state index is 5.33. The lowest BCUT2D eigenvalue weighted by molar-refractivity contribution is 0.153. The Labute approximate surface area is 135 Å². The van der Waals surface area contributed by atoms with Crippen LogP contribution in [0.25, 0.3) is 0 Å². The van der Waals surface area contributed by atoms with E-state index in [1.807, 2.05) is 0 Å². The number of allylic oxidation sites excluding steroid dienone is 1. The third-order valence-electron chi connectivity index (χ3n) is 4.23. The van der Waals surface area contributed by atoms with E-state index in [0.717, 1.165) is 58.1 Å². The fraction of sp³-hybridized carbons (Fsp3) is 0.722. The molecule has 0 unspecified atom stereocenters. The minimum Gasteiger partial charge on any atom is -0.377 e. The van der Waals surface area contributed by atoms with E-state index in [9.17, 15) is 0 Å². The molecular weight excluding hydrogens is 274 g/mol. The van der Waals surface area contributed by atoms with Crippen molar-refractivity contribution >= 4 is 5.96 Å². The summed E-state index contributed by atoms with van der Waals surface area (Å²) < 4.78 is 5.33. The van der Waals surface area contributed by atoms with Gasteiger partial charge in [0.1, 0.15) is 0 Å². The molecule has 0 saturated carbocycles. The van der Waals surface area contributed by atoms with Gasteiger partial charge in [0.2, 0.25) is 0 Å². The smallest absolute Gasteiger partial charge is 0.191 e. The van der Waals surface area contributed by atoms with Gasteiger partial charge in [0.25, 0.3) is 0 Å². The van der Waals surface area contributed by atoms with Gasteiger partial charge in [-0.15, -0.1) is 0 Å². The third-order valence-corrected chi connectivity index (χ3v) is 4.23. The topological polar surface area (TPSA) is 45.7 Å². The van der Waals surface area contributed by atoms with Crippen LogP contribution in [0.2, 0.25) is 0 Å². The molecular formula is C18H31N3O.